The molecule has 0 unspecified atom stereocenters. The number of rotatable bonds is 7. The second-order valence-electron chi connectivity index (χ2n) is 16.8. The van der Waals surface area contributed by atoms with Crippen molar-refractivity contribution < 1.29 is 13.2 Å². The summed E-state index contributed by atoms with van der Waals surface area (Å²) in [6.45, 7) is 7.86. The first-order chi connectivity index (χ1) is 33.3. The van der Waals surface area contributed by atoms with Crippen LogP contribution in [0.2, 0.25) is 0 Å². The minimum Gasteiger partial charge on any atom is -0.309 e. The molecule has 0 fully saturated rings. The molecule has 12 aromatic rings. The van der Waals surface area contributed by atoms with E-state index >= 15 is 13.2 Å². The van der Waals surface area contributed by atoms with Crippen molar-refractivity contribution in [2.45, 2.75) is 6.18 Å². The number of para-hydroxylation sites is 2. The van der Waals surface area contributed by atoms with E-state index in [4.69, 9.17) is 16.5 Å². The normalized spacial score (nSPS) is 11.7. The van der Waals surface area contributed by atoms with Crippen molar-refractivity contribution in [2.24, 2.45) is 0 Å². The molecule has 322 valence electrons. The van der Waals surface area contributed by atoms with Crippen molar-refractivity contribution in [3.8, 4) is 67.5 Å². The van der Waals surface area contributed by atoms with E-state index in [1.807, 2.05) is 188 Å². The zero-order chi connectivity index (χ0) is 45.9. The molecule has 0 spiro atoms. The first-order valence-corrected chi connectivity index (χ1v) is 22.2. The summed E-state index contributed by atoms with van der Waals surface area (Å²) < 4.78 is 53.8. The molecule has 0 N–H and O–H groups in total. The Morgan fingerprint density at radius 3 is 1.24 bits per heavy atom. The molecule has 0 amide bonds. The Morgan fingerprint density at radius 2 is 0.765 bits per heavy atom. The van der Waals surface area contributed by atoms with Crippen molar-refractivity contribution in [3.63, 3.8) is 0 Å². The fourth-order valence-corrected chi connectivity index (χ4v) is 9.69. The van der Waals surface area contributed by atoms with Crippen molar-refractivity contribution in [2.75, 3.05) is 0 Å². The molecule has 0 bridgehead atoms. The van der Waals surface area contributed by atoms with Crippen LogP contribution in [0.4, 0.5) is 18.9 Å². The third kappa shape index (κ3) is 6.88. The first kappa shape index (κ1) is 40.4. The molecule has 5 nitrogen and oxygen atoms in total. The Balaban J connectivity index is 1.17. The van der Waals surface area contributed by atoms with E-state index < -0.39 is 11.7 Å². The van der Waals surface area contributed by atoms with Gasteiger partial charge in [0.2, 0.25) is 0 Å². The van der Waals surface area contributed by atoms with Gasteiger partial charge in [0, 0.05) is 43.8 Å². The molecule has 68 heavy (non-hydrogen) atoms. The molecule has 8 aromatic carbocycles. The lowest BCUT2D eigenvalue weighted by Crippen LogP contribution is -2.16. The van der Waals surface area contributed by atoms with Crippen LogP contribution in [-0.2, 0) is 6.18 Å². The molecular weight excluding hydrogens is 848 g/mol. The quantitative estimate of drug-likeness (QED) is 0.150. The van der Waals surface area contributed by atoms with Gasteiger partial charge in [-0.1, -0.05) is 152 Å². The van der Waals surface area contributed by atoms with Crippen LogP contribution in [0.5, 0.6) is 0 Å². The Bertz CT molecular complexity index is 3750. The number of halogens is 3. The Kier molecular flexibility index (Phi) is 9.59. The van der Waals surface area contributed by atoms with Crippen LogP contribution < -0.4 is 0 Å². The third-order valence-corrected chi connectivity index (χ3v) is 12.7. The molecule has 0 atom stereocenters. The van der Waals surface area contributed by atoms with Crippen LogP contribution in [-0.4, -0.2) is 19.1 Å². The van der Waals surface area contributed by atoms with Crippen LogP contribution in [0.25, 0.3) is 116 Å². The smallest absolute Gasteiger partial charge is 0.309 e. The first-order valence-electron chi connectivity index (χ1n) is 22.2. The van der Waals surface area contributed by atoms with Gasteiger partial charge >= 0.3 is 6.18 Å². The summed E-state index contributed by atoms with van der Waals surface area (Å²) in [5, 5.41) is 3.21. The van der Waals surface area contributed by atoms with Crippen molar-refractivity contribution >= 4 is 49.3 Å². The molecule has 0 radical (unpaired) electrons. The van der Waals surface area contributed by atoms with Gasteiger partial charge in [-0.25, -0.2) is 14.8 Å². The zero-order valence-electron chi connectivity index (χ0n) is 36.2. The highest BCUT2D eigenvalue weighted by atomic mass is 19.4. The van der Waals surface area contributed by atoms with Crippen LogP contribution in [0, 0.1) is 6.57 Å². The highest BCUT2D eigenvalue weighted by Crippen LogP contribution is 2.47. The average molecular weight is 884 g/mol. The van der Waals surface area contributed by atoms with E-state index in [0.29, 0.717) is 50.3 Å². The predicted molar refractivity (Wildman–Crippen MR) is 269 cm³/mol. The fourth-order valence-electron chi connectivity index (χ4n) is 9.69. The lowest BCUT2D eigenvalue weighted by Gasteiger charge is -2.23. The van der Waals surface area contributed by atoms with Crippen LogP contribution in [0.3, 0.4) is 0 Å². The van der Waals surface area contributed by atoms with E-state index in [2.05, 4.69) is 4.85 Å². The second-order valence-corrected chi connectivity index (χ2v) is 16.8. The summed E-state index contributed by atoms with van der Waals surface area (Å²) in [7, 11) is 0. The summed E-state index contributed by atoms with van der Waals surface area (Å²) in [5.41, 5.74) is 9.41. The Hall–Kier alpha value is -9.06. The predicted octanol–water partition coefficient (Wildman–Crippen LogP) is 16.6. The standard InChI is InChI=1S/C60H36F3N5/c1-64-44-20-12-19-40(33-44)43-36-57(67-53-27-10-8-21-45(53)47-31-29-41(34-55(47)67)51-25-13-23-49(65-51)38-15-4-2-5-16-38)59(60(61,62)63)58(37-43)68-54-28-11-9-22-46(54)48-32-30-42(35-56(48)68)52-26-14-24-50(66-52)39-17-6-3-7-18-39/h2-37H. The van der Waals surface area contributed by atoms with E-state index in [9.17, 15) is 0 Å². The van der Waals surface area contributed by atoms with Crippen LogP contribution in [0.1, 0.15) is 5.56 Å². The van der Waals surface area contributed by atoms with Crippen molar-refractivity contribution in [3.05, 3.63) is 235 Å². The monoisotopic (exact) mass is 883 g/mol. The van der Waals surface area contributed by atoms with Crippen molar-refractivity contribution in [1.82, 2.24) is 19.1 Å². The molecular formula is C60H36F3N5. The Labute approximate surface area is 389 Å². The fraction of sp³-hybridized carbons (Fsp3) is 0.0167. The van der Waals surface area contributed by atoms with Gasteiger partial charge in [-0.15, -0.1) is 0 Å². The van der Waals surface area contributed by atoms with Gasteiger partial charge in [0.15, 0.2) is 5.69 Å². The maximum Gasteiger partial charge on any atom is 0.420 e. The molecule has 0 aliphatic carbocycles. The highest BCUT2D eigenvalue weighted by molar-refractivity contribution is 6.12. The molecule has 4 aromatic heterocycles. The maximum absolute atomic E-state index is 16.8. The topological polar surface area (TPSA) is 40.0 Å². The van der Waals surface area contributed by atoms with Gasteiger partial charge < -0.3 is 9.13 Å². The zero-order valence-corrected chi connectivity index (χ0v) is 36.2. The van der Waals surface area contributed by atoms with Crippen molar-refractivity contribution in [1.29, 1.82) is 0 Å². The van der Waals surface area contributed by atoms with Gasteiger partial charge in [0.1, 0.15) is 5.56 Å². The summed E-state index contributed by atoms with van der Waals surface area (Å²) in [6, 6.07) is 68.8. The second kappa shape index (κ2) is 16.1. The lowest BCUT2D eigenvalue weighted by atomic mass is 9.98. The average Bonchev–Trinajstić information content (AvgIpc) is 3.90. The number of hydrogen-bond acceptors (Lipinski definition) is 2. The SMILES string of the molecule is [C-]#[N+]c1cccc(-c2cc(-n3c4ccccc4c4ccc(-c5cccc(-c6ccccc6)n5)cc43)c(C(F)(F)F)c(-n3c4ccccc4c4ccc(-c5cccc(-c6ccccc6)n5)cc43)c2)c1. The number of benzene rings is 8. The third-order valence-electron chi connectivity index (χ3n) is 12.7. The summed E-state index contributed by atoms with van der Waals surface area (Å²) in [5.74, 6) is 0. The lowest BCUT2D eigenvalue weighted by molar-refractivity contribution is -0.137. The number of fused-ring (bicyclic) bond motifs is 6. The number of pyridine rings is 2. The number of hydrogen-bond donors (Lipinski definition) is 0. The van der Waals surface area contributed by atoms with Gasteiger partial charge in [0.05, 0.1) is 62.8 Å². The van der Waals surface area contributed by atoms with Gasteiger partial charge in [0.25, 0.3) is 0 Å². The summed E-state index contributed by atoms with van der Waals surface area (Å²) in [6.07, 6.45) is -4.86. The molecule has 12 rings (SSSR count). The molecule has 0 aliphatic heterocycles. The van der Waals surface area contributed by atoms with Crippen LogP contribution in [0.15, 0.2) is 218 Å². The number of aromatic nitrogens is 4. The summed E-state index contributed by atoms with van der Waals surface area (Å²) >= 11 is 0. The van der Waals surface area contributed by atoms with Gasteiger partial charge in [-0.3, -0.25) is 0 Å². The minimum atomic E-state index is -4.86. The molecule has 8 heteroatoms. The van der Waals surface area contributed by atoms with E-state index in [0.717, 1.165) is 55.2 Å². The maximum atomic E-state index is 16.8. The number of alkyl halides is 3. The van der Waals surface area contributed by atoms with Gasteiger partial charge in [-0.2, -0.15) is 13.2 Å². The van der Waals surface area contributed by atoms with E-state index in [1.165, 1.54) is 0 Å². The minimum absolute atomic E-state index is 0.0492. The molecule has 0 saturated heterocycles. The largest absolute Gasteiger partial charge is 0.420 e. The summed E-state index contributed by atoms with van der Waals surface area (Å²) in [4.78, 5) is 13.8. The molecule has 0 saturated carbocycles. The Morgan fingerprint density at radius 1 is 0.353 bits per heavy atom. The molecule has 0 aliphatic rings. The van der Waals surface area contributed by atoms with Crippen LogP contribution >= 0.6 is 0 Å². The molecule has 4 heterocycles. The van der Waals surface area contributed by atoms with E-state index in [1.54, 1.807) is 39.5 Å². The highest BCUT2D eigenvalue weighted by Gasteiger charge is 2.39. The van der Waals surface area contributed by atoms with Gasteiger partial charge in [-0.05, 0) is 77.9 Å². The van der Waals surface area contributed by atoms with E-state index in [-0.39, 0.29) is 11.4 Å². The number of nitrogens with zero attached hydrogens (tertiary/aromatic N) is 5.